The number of sulfonamides is 1. The van der Waals surface area contributed by atoms with Gasteiger partial charge in [0.05, 0.1) is 10.5 Å². The third-order valence-corrected chi connectivity index (χ3v) is 7.91. The molecule has 1 saturated heterocycles. The van der Waals surface area contributed by atoms with Crippen LogP contribution in [0.4, 0.5) is 0 Å². The molecule has 0 radical (unpaired) electrons. The van der Waals surface area contributed by atoms with E-state index >= 15 is 0 Å². The predicted octanol–water partition coefficient (Wildman–Crippen LogP) is 3.71. The van der Waals surface area contributed by atoms with E-state index in [1.807, 2.05) is 60.9 Å². The van der Waals surface area contributed by atoms with Gasteiger partial charge in [-0.25, -0.2) is 8.42 Å². The van der Waals surface area contributed by atoms with Crippen LogP contribution in [0, 0.1) is 0 Å². The Morgan fingerprint density at radius 1 is 0.862 bits per heavy atom. The molecule has 5 nitrogen and oxygen atoms in total. The van der Waals surface area contributed by atoms with Crippen molar-refractivity contribution in [2.75, 3.05) is 32.4 Å². The standard InChI is InChI=1S/C22H22N2O3S2/c1-28-21-9-5-4-8-20(21)22(25)23-12-14-24(15-13-23)29(26,27)19-11-10-17-6-2-3-7-18(17)16-19/h2-11,16H,12-15H2,1H3. The van der Waals surface area contributed by atoms with Gasteiger partial charge in [-0.2, -0.15) is 4.31 Å². The summed E-state index contributed by atoms with van der Waals surface area (Å²) in [4.78, 5) is 15.9. The molecule has 1 heterocycles. The van der Waals surface area contributed by atoms with Crippen LogP contribution in [0.25, 0.3) is 10.8 Å². The molecule has 0 N–H and O–H groups in total. The summed E-state index contributed by atoms with van der Waals surface area (Å²) in [6, 6.07) is 20.4. The Hall–Kier alpha value is -2.35. The predicted molar refractivity (Wildman–Crippen MR) is 117 cm³/mol. The second-order valence-corrected chi connectivity index (χ2v) is 9.69. The normalized spacial score (nSPS) is 15.6. The highest BCUT2D eigenvalue weighted by atomic mass is 32.2. The molecule has 7 heteroatoms. The molecule has 1 amide bonds. The second-order valence-electron chi connectivity index (χ2n) is 6.91. The number of fused-ring (bicyclic) bond motifs is 1. The van der Waals surface area contributed by atoms with E-state index in [1.54, 1.807) is 17.0 Å². The highest BCUT2D eigenvalue weighted by molar-refractivity contribution is 7.98. The number of hydrogen-bond donors (Lipinski definition) is 0. The molecule has 0 atom stereocenters. The van der Waals surface area contributed by atoms with Gasteiger partial charge in [-0.1, -0.05) is 42.5 Å². The van der Waals surface area contributed by atoms with Crippen molar-refractivity contribution in [3.05, 3.63) is 72.3 Å². The first-order valence-electron chi connectivity index (χ1n) is 9.42. The fraction of sp³-hybridized carbons (Fsp3) is 0.227. The molecule has 29 heavy (non-hydrogen) atoms. The van der Waals surface area contributed by atoms with Crippen molar-refractivity contribution in [3.8, 4) is 0 Å². The minimum atomic E-state index is -3.59. The molecule has 0 unspecified atom stereocenters. The number of thioether (sulfide) groups is 1. The molecule has 0 aliphatic carbocycles. The van der Waals surface area contributed by atoms with Crippen LogP contribution in [0.2, 0.25) is 0 Å². The molecule has 0 aromatic heterocycles. The van der Waals surface area contributed by atoms with E-state index < -0.39 is 10.0 Å². The fourth-order valence-electron chi connectivity index (χ4n) is 3.60. The Labute approximate surface area is 175 Å². The smallest absolute Gasteiger partial charge is 0.255 e. The maximum atomic E-state index is 13.1. The Kier molecular flexibility index (Phi) is 5.63. The first-order valence-corrected chi connectivity index (χ1v) is 12.1. The van der Waals surface area contributed by atoms with E-state index in [1.165, 1.54) is 16.1 Å². The van der Waals surface area contributed by atoms with Crippen LogP contribution in [-0.4, -0.2) is 56.0 Å². The van der Waals surface area contributed by atoms with Crippen LogP contribution in [0.5, 0.6) is 0 Å². The highest BCUT2D eigenvalue weighted by Crippen LogP contribution is 2.25. The van der Waals surface area contributed by atoms with E-state index in [2.05, 4.69) is 0 Å². The van der Waals surface area contributed by atoms with Gasteiger partial charge >= 0.3 is 0 Å². The Morgan fingerprint density at radius 2 is 1.52 bits per heavy atom. The summed E-state index contributed by atoms with van der Waals surface area (Å²) in [5.41, 5.74) is 0.672. The molecule has 0 bridgehead atoms. The van der Waals surface area contributed by atoms with Gasteiger partial charge < -0.3 is 4.90 Å². The summed E-state index contributed by atoms with van der Waals surface area (Å²) in [5, 5.41) is 1.91. The van der Waals surface area contributed by atoms with Crippen molar-refractivity contribution in [2.45, 2.75) is 9.79 Å². The van der Waals surface area contributed by atoms with E-state index in [-0.39, 0.29) is 5.91 Å². The van der Waals surface area contributed by atoms with Gasteiger partial charge in [-0.05, 0) is 41.3 Å². The van der Waals surface area contributed by atoms with Crippen LogP contribution < -0.4 is 0 Å². The van der Waals surface area contributed by atoms with E-state index in [9.17, 15) is 13.2 Å². The number of nitrogens with zero attached hydrogens (tertiary/aromatic N) is 2. The zero-order valence-corrected chi connectivity index (χ0v) is 17.7. The molecular weight excluding hydrogens is 404 g/mol. The summed E-state index contributed by atoms with van der Waals surface area (Å²) < 4.78 is 27.7. The lowest BCUT2D eigenvalue weighted by Crippen LogP contribution is -2.50. The Morgan fingerprint density at radius 3 is 2.24 bits per heavy atom. The SMILES string of the molecule is CSc1ccccc1C(=O)N1CCN(S(=O)(=O)c2ccc3ccccc3c2)CC1. The third-order valence-electron chi connectivity index (χ3n) is 5.22. The van der Waals surface area contributed by atoms with Gasteiger partial charge in [-0.15, -0.1) is 11.8 Å². The van der Waals surface area contributed by atoms with E-state index in [0.717, 1.165) is 15.7 Å². The van der Waals surface area contributed by atoms with Gasteiger partial charge in [-0.3, -0.25) is 4.79 Å². The molecular formula is C22H22N2O3S2. The van der Waals surface area contributed by atoms with Crippen LogP contribution in [0.3, 0.4) is 0 Å². The largest absolute Gasteiger partial charge is 0.336 e. The lowest BCUT2D eigenvalue weighted by molar-refractivity contribution is 0.0694. The lowest BCUT2D eigenvalue weighted by atomic mass is 10.1. The zero-order valence-electron chi connectivity index (χ0n) is 16.1. The minimum absolute atomic E-state index is 0.0438. The Balaban J connectivity index is 1.50. The first kappa shape index (κ1) is 19.9. The third kappa shape index (κ3) is 3.90. The summed E-state index contributed by atoms with van der Waals surface area (Å²) in [5.74, 6) is -0.0438. The van der Waals surface area contributed by atoms with Gasteiger partial charge in [0.15, 0.2) is 0 Å². The van der Waals surface area contributed by atoms with Crippen molar-refractivity contribution in [3.63, 3.8) is 0 Å². The van der Waals surface area contributed by atoms with Crippen LogP contribution >= 0.6 is 11.8 Å². The number of hydrogen-bond acceptors (Lipinski definition) is 4. The molecule has 4 rings (SSSR count). The highest BCUT2D eigenvalue weighted by Gasteiger charge is 2.31. The number of rotatable bonds is 4. The Bertz CT molecular complexity index is 1150. The lowest BCUT2D eigenvalue weighted by Gasteiger charge is -2.34. The second kappa shape index (κ2) is 8.18. The first-order chi connectivity index (χ1) is 14.0. The van der Waals surface area contributed by atoms with Crippen molar-refractivity contribution < 1.29 is 13.2 Å². The van der Waals surface area contributed by atoms with Gasteiger partial charge in [0.2, 0.25) is 10.0 Å². The average molecular weight is 427 g/mol. The summed E-state index contributed by atoms with van der Waals surface area (Å²) in [6.07, 6.45) is 1.94. The van der Waals surface area contributed by atoms with E-state index in [0.29, 0.717) is 36.6 Å². The molecule has 0 saturated carbocycles. The molecule has 3 aromatic rings. The molecule has 150 valence electrons. The van der Waals surface area contributed by atoms with Gasteiger partial charge in [0.1, 0.15) is 0 Å². The molecule has 3 aromatic carbocycles. The summed E-state index contributed by atoms with van der Waals surface area (Å²) in [7, 11) is -3.59. The topological polar surface area (TPSA) is 57.7 Å². The van der Waals surface area contributed by atoms with Gasteiger partial charge in [0, 0.05) is 31.1 Å². The summed E-state index contributed by atoms with van der Waals surface area (Å²) in [6.45, 7) is 1.35. The van der Waals surface area contributed by atoms with Crippen LogP contribution in [0.1, 0.15) is 10.4 Å². The fourth-order valence-corrected chi connectivity index (χ4v) is 5.65. The van der Waals surface area contributed by atoms with Crippen molar-refractivity contribution in [2.24, 2.45) is 0 Å². The van der Waals surface area contributed by atoms with E-state index in [4.69, 9.17) is 0 Å². The van der Waals surface area contributed by atoms with Crippen molar-refractivity contribution in [1.82, 2.24) is 9.21 Å². The monoisotopic (exact) mass is 426 g/mol. The maximum Gasteiger partial charge on any atom is 0.255 e. The number of benzene rings is 3. The number of carbonyl (C=O) groups is 1. The molecule has 1 fully saturated rings. The molecule has 1 aliphatic rings. The van der Waals surface area contributed by atoms with Crippen molar-refractivity contribution >= 4 is 38.5 Å². The van der Waals surface area contributed by atoms with Crippen LogP contribution in [-0.2, 0) is 10.0 Å². The number of carbonyl (C=O) groups excluding carboxylic acids is 1. The number of piperazine rings is 1. The molecule has 1 aliphatic heterocycles. The average Bonchev–Trinajstić information content (AvgIpc) is 2.78. The quantitative estimate of drug-likeness (QED) is 0.597. The molecule has 0 spiro atoms. The van der Waals surface area contributed by atoms with Gasteiger partial charge in [0.25, 0.3) is 5.91 Å². The minimum Gasteiger partial charge on any atom is -0.336 e. The maximum absolute atomic E-state index is 13.1. The summed E-state index contributed by atoms with van der Waals surface area (Å²) >= 11 is 1.54. The van der Waals surface area contributed by atoms with Crippen molar-refractivity contribution in [1.29, 1.82) is 0 Å². The number of amides is 1. The van der Waals surface area contributed by atoms with Crippen LogP contribution in [0.15, 0.2) is 76.5 Å². The zero-order chi connectivity index (χ0) is 20.4.